The number of piperidine rings is 1. The predicted molar refractivity (Wildman–Crippen MR) is 91.6 cm³/mol. The van der Waals surface area contributed by atoms with E-state index in [2.05, 4.69) is 22.3 Å². The summed E-state index contributed by atoms with van der Waals surface area (Å²) in [7, 11) is -2.08. The molecule has 128 valence electrons. The molecule has 9 heteroatoms. The Kier molecular flexibility index (Phi) is 5.63. The molecule has 1 aliphatic heterocycles. The van der Waals surface area contributed by atoms with Gasteiger partial charge in [-0.2, -0.15) is 17.4 Å². The first-order valence-corrected chi connectivity index (χ1v) is 9.36. The minimum atomic E-state index is -4.01. The molecule has 1 fully saturated rings. The zero-order valence-electron chi connectivity index (χ0n) is 12.6. The molecule has 1 aliphatic rings. The highest BCUT2D eigenvalue weighted by atomic mass is 35.5. The zero-order chi connectivity index (χ0) is 17.3. The van der Waals surface area contributed by atoms with Crippen LogP contribution in [0.2, 0.25) is 5.02 Å². The predicted octanol–water partition coefficient (Wildman–Crippen LogP) is 1.47. The van der Waals surface area contributed by atoms with Gasteiger partial charge in [-0.05, 0) is 51.2 Å². The van der Waals surface area contributed by atoms with Crippen LogP contribution in [0, 0.1) is 0 Å². The van der Waals surface area contributed by atoms with Crippen LogP contribution in [0.5, 0.6) is 0 Å². The van der Waals surface area contributed by atoms with Crippen LogP contribution in [0.4, 0.5) is 0 Å². The van der Waals surface area contributed by atoms with Gasteiger partial charge in [0.15, 0.2) is 0 Å². The topological polar surface area (TPSA) is 86.7 Å². The van der Waals surface area contributed by atoms with E-state index in [1.165, 1.54) is 18.2 Å². The molecule has 0 aliphatic carbocycles. The molecule has 0 amide bonds. The van der Waals surface area contributed by atoms with Gasteiger partial charge in [0.05, 0.1) is 4.90 Å². The lowest BCUT2D eigenvalue weighted by Crippen LogP contribution is -2.57. The third-order valence-corrected chi connectivity index (χ3v) is 6.38. The van der Waals surface area contributed by atoms with Gasteiger partial charge >= 0.3 is 5.97 Å². The van der Waals surface area contributed by atoms with Crippen molar-refractivity contribution in [2.45, 2.75) is 28.5 Å². The maximum absolute atomic E-state index is 12.5. The van der Waals surface area contributed by atoms with Crippen LogP contribution in [0.1, 0.15) is 12.8 Å². The molecule has 0 spiro atoms. The number of carbonyl (C=O) groups is 1. The molecule has 2 rings (SSSR count). The van der Waals surface area contributed by atoms with Crippen molar-refractivity contribution in [2.75, 3.05) is 20.1 Å². The smallest absolute Gasteiger partial charge is 0.323 e. The van der Waals surface area contributed by atoms with Gasteiger partial charge in [-0.3, -0.25) is 4.79 Å². The summed E-state index contributed by atoms with van der Waals surface area (Å²) in [6, 6.07) is 4.38. The van der Waals surface area contributed by atoms with Crippen molar-refractivity contribution in [3.8, 4) is 0 Å². The highest BCUT2D eigenvalue weighted by Crippen LogP contribution is 2.33. The quantitative estimate of drug-likeness (QED) is 0.675. The van der Waals surface area contributed by atoms with Crippen LogP contribution in [0.25, 0.3) is 0 Å². The Hall–Kier alpha value is -0.800. The van der Waals surface area contributed by atoms with Crippen molar-refractivity contribution < 1.29 is 18.3 Å². The van der Waals surface area contributed by atoms with E-state index in [1.807, 2.05) is 7.05 Å². The molecule has 0 aromatic heterocycles. The zero-order valence-corrected chi connectivity index (χ0v) is 15.0. The number of benzene rings is 1. The fourth-order valence-corrected chi connectivity index (χ4v) is 4.57. The Morgan fingerprint density at radius 1 is 1.43 bits per heavy atom. The van der Waals surface area contributed by atoms with Crippen LogP contribution in [0.3, 0.4) is 0 Å². The van der Waals surface area contributed by atoms with Gasteiger partial charge in [-0.25, -0.2) is 8.42 Å². The van der Waals surface area contributed by atoms with Crippen LogP contribution >= 0.6 is 24.2 Å². The van der Waals surface area contributed by atoms with E-state index in [9.17, 15) is 18.3 Å². The average molecular weight is 379 g/mol. The molecule has 6 nitrogen and oxygen atoms in total. The highest BCUT2D eigenvalue weighted by Gasteiger charge is 2.44. The number of aliphatic carboxylic acids is 1. The summed E-state index contributed by atoms with van der Waals surface area (Å²) in [5.74, 6) is -1.24. The summed E-state index contributed by atoms with van der Waals surface area (Å²) in [6.07, 6.45) is 0.948. The second-order valence-corrected chi connectivity index (χ2v) is 8.80. The fraction of sp³-hybridized carbons (Fsp3) is 0.500. The molecule has 1 aromatic carbocycles. The maximum Gasteiger partial charge on any atom is 0.323 e. The minimum absolute atomic E-state index is 0.0684. The Bertz CT molecular complexity index is 688. The van der Waals surface area contributed by atoms with Crippen LogP contribution < -0.4 is 4.72 Å². The Morgan fingerprint density at radius 3 is 2.57 bits per heavy atom. The number of rotatable bonds is 5. The molecule has 1 heterocycles. The summed E-state index contributed by atoms with van der Waals surface area (Å²) in [6.45, 7) is 1.32. The summed E-state index contributed by atoms with van der Waals surface area (Å²) in [5.41, 5.74) is 0. The molecule has 1 saturated heterocycles. The van der Waals surface area contributed by atoms with Crippen molar-refractivity contribution in [3.05, 3.63) is 29.3 Å². The number of hydrogen-bond acceptors (Lipinski definition) is 5. The normalized spacial score (nSPS) is 20.1. The largest absolute Gasteiger partial charge is 0.480 e. The third-order valence-electron chi connectivity index (χ3n) is 4.02. The van der Waals surface area contributed by atoms with Gasteiger partial charge in [-0.15, -0.1) is 0 Å². The summed E-state index contributed by atoms with van der Waals surface area (Å²) in [4.78, 5) is 13.6. The van der Waals surface area contributed by atoms with Gasteiger partial charge in [0, 0.05) is 9.77 Å². The number of thiol groups is 1. The van der Waals surface area contributed by atoms with E-state index in [-0.39, 0.29) is 9.92 Å². The number of carboxylic acid groups (broad SMARTS) is 1. The Balaban J connectivity index is 2.27. The average Bonchev–Trinajstić information content (AvgIpc) is 2.48. The summed E-state index contributed by atoms with van der Waals surface area (Å²) in [5, 5.41) is 9.77. The highest BCUT2D eigenvalue weighted by molar-refractivity contribution is 7.89. The third kappa shape index (κ3) is 4.39. The van der Waals surface area contributed by atoms with Crippen molar-refractivity contribution in [3.63, 3.8) is 0 Å². The van der Waals surface area contributed by atoms with E-state index in [0.29, 0.717) is 25.9 Å². The van der Waals surface area contributed by atoms with Crippen molar-refractivity contribution in [1.29, 1.82) is 0 Å². The SMILES string of the molecule is CN1CCC(S)([C@@H](NS(=O)(=O)c2cccc(Cl)c2)C(=O)O)CC1. The molecule has 1 aromatic rings. The van der Waals surface area contributed by atoms with E-state index in [0.717, 1.165) is 0 Å². The standard InChI is InChI=1S/C14H19ClN2O4S2/c1-17-7-5-14(22,6-8-17)12(13(18)19)16-23(20,21)11-4-2-3-10(15)9-11/h2-4,9,12,16,22H,5-8H2,1H3,(H,18,19)/t12-/m0/s1. The second-order valence-electron chi connectivity index (χ2n) is 5.76. The lowest BCUT2D eigenvalue weighted by atomic mass is 9.89. The number of carboxylic acids is 1. The van der Waals surface area contributed by atoms with Crippen LogP contribution in [-0.2, 0) is 14.8 Å². The summed E-state index contributed by atoms with van der Waals surface area (Å²) < 4.78 is 26.3. The van der Waals surface area contributed by atoms with Gasteiger partial charge in [0.25, 0.3) is 0 Å². The van der Waals surface area contributed by atoms with Crippen molar-refractivity contribution in [1.82, 2.24) is 9.62 Å². The van der Waals surface area contributed by atoms with Gasteiger partial charge in [0.2, 0.25) is 10.0 Å². The fourth-order valence-electron chi connectivity index (χ4n) is 2.54. The molecular weight excluding hydrogens is 360 g/mol. The lowest BCUT2D eigenvalue weighted by molar-refractivity contribution is -0.140. The second kappa shape index (κ2) is 6.98. The number of halogens is 1. The van der Waals surface area contributed by atoms with Crippen LogP contribution in [-0.4, -0.2) is 55.3 Å². The van der Waals surface area contributed by atoms with Gasteiger partial charge in [-0.1, -0.05) is 17.7 Å². The van der Waals surface area contributed by atoms with Crippen LogP contribution in [0.15, 0.2) is 29.2 Å². The molecule has 0 bridgehead atoms. The van der Waals surface area contributed by atoms with Gasteiger partial charge < -0.3 is 10.0 Å². The van der Waals surface area contributed by atoms with E-state index in [1.54, 1.807) is 6.07 Å². The van der Waals surface area contributed by atoms with Crippen molar-refractivity contribution in [2.24, 2.45) is 0 Å². The van der Waals surface area contributed by atoms with E-state index in [4.69, 9.17) is 11.6 Å². The molecule has 0 radical (unpaired) electrons. The molecule has 0 unspecified atom stereocenters. The minimum Gasteiger partial charge on any atom is -0.480 e. The molecule has 1 atom stereocenters. The number of likely N-dealkylation sites (tertiary alicyclic amines) is 1. The lowest BCUT2D eigenvalue weighted by Gasteiger charge is -2.40. The molecule has 23 heavy (non-hydrogen) atoms. The number of sulfonamides is 1. The first kappa shape index (κ1) is 18.5. The summed E-state index contributed by atoms with van der Waals surface area (Å²) >= 11 is 10.3. The first-order valence-electron chi connectivity index (χ1n) is 7.06. The van der Waals surface area contributed by atoms with Crippen molar-refractivity contribution >= 4 is 40.2 Å². The maximum atomic E-state index is 12.5. The van der Waals surface area contributed by atoms with E-state index >= 15 is 0 Å². The monoisotopic (exact) mass is 378 g/mol. The number of nitrogens with one attached hydrogen (secondary N) is 1. The number of nitrogens with zero attached hydrogens (tertiary/aromatic N) is 1. The molecule has 0 saturated carbocycles. The Morgan fingerprint density at radius 2 is 2.04 bits per heavy atom. The Labute approximate surface area is 146 Å². The van der Waals surface area contributed by atoms with E-state index < -0.39 is 26.8 Å². The molecular formula is C14H19ClN2O4S2. The van der Waals surface area contributed by atoms with Gasteiger partial charge in [0.1, 0.15) is 6.04 Å². The first-order chi connectivity index (χ1) is 10.6. The molecule has 2 N–H and O–H groups in total. The number of hydrogen-bond donors (Lipinski definition) is 3.